The molecule has 3 aromatic carbocycles. The van der Waals surface area contributed by atoms with Crippen LogP contribution in [0, 0.1) is 5.82 Å². The van der Waals surface area contributed by atoms with Crippen molar-refractivity contribution in [3.8, 4) is 11.1 Å². The van der Waals surface area contributed by atoms with Crippen molar-refractivity contribution in [3.05, 3.63) is 66.5 Å². The Bertz CT molecular complexity index is 702. The Morgan fingerprint density at radius 1 is 0.722 bits per heavy atom. The minimum Gasteiger partial charge on any atom is -0.398 e. The van der Waals surface area contributed by atoms with Crippen molar-refractivity contribution < 1.29 is 4.39 Å². The summed E-state index contributed by atoms with van der Waals surface area (Å²) in [7, 11) is 0. The third kappa shape index (κ3) is 1.72. The molecule has 0 fully saturated rings. The molecule has 0 aliphatic carbocycles. The van der Waals surface area contributed by atoms with Gasteiger partial charge in [-0.2, -0.15) is 0 Å². The van der Waals surface area contributed by atoms with Crippen molar-refractivity contribution in [1.29, 1.82) is 0 Å². The van der Waals surface area contributed by atoms with Gasteiger partial charge in [-0.3, -0.25) is 0 Å². The maximum absolute atomic E-state index is 13.0. The first kappa shape index (κ1) is 10.8. The van der Waals surface area contributed by atoms with Gasteiger partial charge in [-0.25, -0.2) is 4.39 Å². The molecule has 88 valence electrons. The van der Waals surface area contributed by atoms with Crippen molar-refractivity contribution in [1.82, 2.24) is 0 Å². The van der Waals surface area contributed by atoms with E-state index in [1.54, 1.807) is 12.1 Å². The molecule has 0 spiro atoms. The van der Waals surface area contributed by atoms with E-state index >= 15 is 0 Å². The first-order chi connectivity index (χ1) is 8.75. The highest BCUT2D eigenvalue weighted by Crippen LogP contribution is 2.31. The zero-order valence-corrected chi connectivity index (χ0v) is 9.73. The van der Waals surface area contributed by atoms with Gasteiger partial charge in [0.2, 0.25) is 0 Å². The number of nitrogen functional groups attached to an aromatic ring is 1. The van der Waals surface area contributed by atoms with Crippen LogP contribution in [0.25, 0.3) is 21.9 Å². The highest BCUT2D eigenvalue weighted by molar-refractivity contribution is 6.02. The van der Waals surface area contributed by atoms with E-state index in [1.807, 2.05) is 36.4 Å². The molecule has 0 saturated heterocycles. The Balaban J connectivity index is 2.30. The predicted octanol–water partition coefficient (Wildman–Crippen LogP) is 4.23. The summed E-state index contributed by atoms with van der Waals surface area (Å²) < 4.78 is 13.0. The van der Waals surface area contributed by atoms with Gasteiger partial charge in [-0.15, -0.1) is 0 Å². The van der Waals surface area contributed by atoms with Gasteiger partial charge in [-0.1, -0.05) is 42.5 Å². The Kier molecular flexibility index (Phi) is 2.49. The van der Waals surface area contributed by atoms with E-state index in [0.29, 0.717) is 0 Å². The second kappa shape index (κ2) is 4.15. The molecule has 3 rings (SSSR count). The number of benzene rings is 3. The Morgan fingerprint density at radius 3 is 2.11 bits per heavy atom. The monoisotopic (exact) mass is 237 g/mol. The molecule has 0 saturated carbocycles. The molecule has 1 nitrogen and oxygen atoms in total. The number of hydrogen-bond donors (Lipinski definition) is 1. The van der Waals surface area contributed by atoms with Gasteiger partial charge >= 0.3 is 0 Å². The maximum Gasteiger partial charge on any atom is 0.123 e. The van der Waals surface area contributed by atoms with Crippen LogP contribution < -0.4 is 5.73 Å². The SMILES string of the molecule is Nc1ccc(-c2ccc(F)cc2)c2ccccc12. The summed E-state index contributed by atoms with van der Waals surface area (Å²) in [5.41, 5.74) is 8.79. The van der Waals surface area contributed by atoms with E-state index in [4.69, 9.17) is 5.73 Å². The zero-order valence-electron chi connectivity index (χ0n) is 9.73. The fourth-order valence-corrected chi connectivity index (χ4v) is 2.20. The average molecular weight is 237 g/mol. The minimum absolute atomic E-state index is 0.224. The minimum atomic E-state index is -0.224. The summed E-state index contributed by atoms with van der Waals surface area (Å²) in [4.78, 5) is 0. The molecule has 3 aromatic rings. The van der Waals surface area contributed by atoms with Gasteiger partial charge in [0.05, 0.1) is 0 Å². The second-order valence-electron chi connectivity index (χ2n) is 4.25. The fraction of sp³-hybridized carbons (Fsp3) is 0. The van der Waals surface area contributed by atoms with Crippen molar-refractivity contribution in [3.63, 3.8) is 0 Å². The molecule has 0 amide bonds. The summed E-state index contributed by atoms with van der Waals surface area (Å²) in [6.07, 6.45) is 0. The van der Waals surface area contributed by atoms with Crippen LogP contribution in [-0.2, 0) is 0 Å². The van der Waals surface area contributed by atoms with Crippen LogP contribution in [0.2, 0.25) is 0 Å². The molecule has 0 radical (unpaired) electrons. The molecule has 0 aliphatic heterocycles. The van der Waals surface area contributed by atoms with E-state index in [9.17, 15) is 4.39 Å². The number of halogens is 1. The van der Waals surface area contributed by atoms with Crippen molar-refractivity contribution in [2.45, 2.75) is 0 Å². The average Bonchev–Trinajstić information content (AvgIpc) is 2.41. The molecule has 18 heavy (non-hydrogen) atoms. The van der Waals surface area contributed by atoms with Crippen LogP contribution in [0.5, 0.6) is 0 Å². The van der Waals surface area contributed by atoms with Crippen LogP contribution in [0.1, 0.15) is 0 Å². The first-order valence-corrected chi connectivity index (χ1v) is 5.79. The largest absolute Gasteiger partial charge is 0.398 e. The molecular weight excluding hydrogens is 225 g/mol. The third-order valence-electron chi connectivity index (χ3n) is 3.11. The summed E-state index contributed by atoms with van der Waals surface area (Å²) in [5, 5.41) is 2.11. The maximum atomic E-state index is 13.0. The molecule has 0 atom stereocenters. The van der Waals surface area contributed by atoms with Gasteiger partial charge in [0, 0.05) is 11.1 Å². The number of hydrogen-bond acceptors (Lipinski definition) is 1. The number of fused-ring (bicyclic) bond motifs is 1. The van der Waals surface area contributed by atoms with E-state index in [-0.39, 0.29) is 5.82 Å². The van der Waals surface area contributed by atoms with Crippen LogP contribution in [-0.4, -0.2) is 0 Å². The smallest absolute Gasteiger partial charge is 0.123 e. The normalized spacial score (nSPS) is 10.7. The predicted molar refractivity (Wildman–Crippen MR) is 73.8 cm³/mol. The molecule has 0 bridgehead atoms. The van der Waals surface area contributed by atoms with E-state index in [2.05, 4.69) is 0 Å². The highest BCUT2D eigenvalue weighted by atomic mass is 19.1. The molecule has 2 heteroatoms. The van der Waals surface area contributed by atoms with E-state index in [0.717, 1.165) is 27.6 Å². The van der Waals surface area contributed by atoms with Gasteiger partial charge in [-0.05, 0) is 34.7 Å². The van der Waals surface area contributed by atoms with Gasteiger partial charge in [0.15, 0.2) is 0 Å². The standard InChI is InChI=1S/C16H12FN/c17-12-7-5-11(6-8-12)13-9-10-16(18)15-4-2-1-3-14(13)15/h1-10H,18H2. The summed E-state index contributed by atoms with van der Waals surface area (Å²) in [6, 6.07) is 18.4. The lowest BCUT2D eigenvalue weighted by molar-refractivity contribution is 0.628. The van der Waals surface area contributed by atoms with Crippen molar-refractivity contribution in [2.75, 3.05) is 5.73 Å². The molecule has 2 N–H and O–H groups in total. The van der Waals surface area contributed by atoms with Crippen molar-refractivity contribution >= 4 is 16.5 Å². The number of nitrogens with two attached hydrogens (primary N) is 1. The molecule has 0 unspecified atom stereocenters. The van der Waals surface area contributed by atoms with Crippen LogP contribution in [0.3, 0.4) is 0 Å². The summed E-state index contributed by atoms with van der Waals surface area (Å²) >= 11 is 0. The second-order valence-corrected chi connectivity index (χ2v) is 4.25. The fourth-order valence-electron chi connectivity index (χ4n) is 2.20. The molecule has 0 aromatic heterocycles. The van der Waals surface area contributed by atoms with Crippen LogP contribution in [0.15, 0.2) is 60.7 Å². The lowest BCUT2D eigenvalue weighted by Crippen LogP contribution is -1.89. The number of rotatable bonds is 1. The van der Waals surface area contributed by atoms with Gasteiger partial charge in [0.1, 0.15) is 5.82 Å². The summed E-state index contributed by atoms with van der Waals surface area (Å²) in [5.74, 6) is -0.224. The lowest BCUT2D eigenvalue weighted by atomic mass is 9.97. The zero-order chi connectivity index (χ0) is 12.5. The lowest BCUT2D eigenvalue weighted by Gasteiger charge is -2.09. The highest BCUT2D eigenvalue weighted by Gasteiger charge is 2.05. The van der Waals surface area contributed by atoms with E-state index < -0.39 is 0 Å². The Hall–Kier alpha value is -2.35. The van der Waals surface area contributed by atoms with Crippen LogP contribution in [0.4, 0.5) is 10.1 Å². The van der Waals surface area contributed by atoms with E-state index in [1.165, 1.54) is 12.1 Å². The number of anilines is 1. The Morgan fingerprint density at radius 2 is 1.39 bits per heavy atom. The summed E-state index contributed by atoms with van der Waals surface area (Å²) in [6.45, 7) is 0. The first-order valence-electron chi connectivity index (χ1n) is 5.79. The van der Waals surface area contributed by atoms with Gasteiger partial charge in [0.25, 0.3) is 0 Å². The molecular formula is C16H12FN. The Labute approximate surface area is 105 Å². The topological polar surface area (TPSA) is 26.0 Å². The quantitative estimate of drug-likeness (QED) is 0.630. The van der Waals surface area contributed by atoms with Gasteiger partial charge < -0.3 is 5.73 Å². The molecule has 0 heterocycles. The van der Waals surface area contributed by atoms with Crippen molar-refractivity contribution in [2.24, 2.45) is 0 Å². The molecule has 0 aliphatic rings. The third-order valence-corrected chi connectivity index (χ3v) is 3.11. The van der Waals surface area contributed by atoms with Crippen LogP contribution >= 0.6 is 0 Å².